The van der Waals surface area contributed by atoms with Crippen LogP contribution in [0.1, 0.15) is 49.4 Å². The van der Waals surface area contributed by atoms with Gasteiger partial charge in [-0.2, -0.15) is 0 Å². The van der Waals surface area contributed by atoms with E-state index in [1.807, 2.05) is 0 Å². The third-order valence-corrected chi connectivity index (χ3v) is 3.68. The van der Waals surface area contributed by atoms with Crippen LogP contribution in [0.15, 0.2) is 0 Å². The van der Waals surface area contributed by atoms with Crippen molar-refractivity contribution in [3.05, 3.63) is 11.6 Å². The van der Waals surface area contributed by atoms with Crippen molar-refractivity contribution in [1.82, 2.24) is 20.1 Å². The van der Waals surface area contributed by atoms with Crippen LogP contribution in [0.25, 0.3) is 0 Å². The average Bonchev–Trinajstić information content (AvgIpc) is 2.96. The molecule has 88 valence electrons. The molecule has 2 atom stereocenters. The first-order chi connectivity index (χ1) is 7.90. The van der Waals surface area contributed by atoms with Gasteiger partial charge in [0.15, 0.2) is 5.82 Å². The van der Waals surface area contributed by atoms with Crippen molar-refractivity contribution in [3.8, 4) is 0 Å². The van der Waals surface area contributed by atoms with Crippen LogP contribution in [0.4, 0.5) is 0 Å². The first-order valence-corrected chi connectivity index (χ1v) is 6.18. The maximum absolute atomic E-state index is 9.43. The molecule has 0 bridgehead atoms. The van der Waals surface area contributed by atoms with E-state index < -0.39 is 0 Å². The standard InChI is InChI=1S/C11H18N4O/c16-7-8-3-1-5-10-13-14-11(15(8)10)9-4-2-6-12-9/h8-9,12,16H,1-7H2. The van der Waals surface area contributed by atoms with Gasteiger partial charge in [-0.15, -0.1) is 10.2 Å². The second kappa shape index (κ2) is 4.14. The fourth-order valence-electron chi connectivity index (χ4n) is 2.85. The molecule has 0 saturated carbocycles. The van der Waals surface area contributed by atoms with Crippen molar-refractivity contribution in [2.45, 2.75) is 44.2 Å². The van der Waals surface area contributed by atoms with Crippen molar-refractivity contribution < 1.29 is 5.11 Å². The normalized spacial score (nSPS) is 29.3. The second-order valence-corrected chi connectivity index (χ2v) is 4.72. The minimum absolute atomic E-state index is 0.191. The van der Waals surface area contributed by atoms with Gasteiger partial charge in [0.05, 0.1) is 18.7 Å². The van der Waals surface area contributed by atoms with Crippen LogP contribution < -0.4 is 5.32 Å². The Bertz CT molecular complexity index is 370. The number of hydrogen-bond acceptors (Lipinski definition) is 4. The van der Waals surface area contributed by atoms with Gasteiger partial charge in [0.2, 0.25) is 0 Å². The van der Waals surface area contributed by atoms with Gasteiger partial charge in [0.1, 0.15) is 5.82 Å². The average molecular weight is 222 g/mol. The van der Waals surface area contributed by atoms with Crippen LogP contribution in [0.5, 0.6) is 0 Å². The molecule has 1 saturated heterocycles. The van der Waals surface area contributed by atoms with E-state index in [0.29, 0.717) is 6.04 Å². The van der Waals surface area contributed by atoms with E-state index in [1.54, 1.807) is 0 Å². The van der Waals surface area contributed by atoms with Crippen molar-refractivity contribution in [2.75, 3.05) is 13.2 Å². The smallest absolute Gasteiger partial charge is 0.150 e. The topological polar surface area (TPSA) is 63.0 Å². The van der Waals surface area contributed by atoms with Gasteiger partial charge in [-0.1, -0.05) is 0 Å². The van der Waals surface area contributed by atoms with Crippen LogP contribution in [0, 0.1) is 0 Å². The van der Waals surface area contributed by atoms with Gasteiger partial charge in [0, 0.05) is 6.42 Å². The highest BCUT2D eigenvalue weighted by Crippen LogP contribution is 2.30. The molecule has 2 unspecified atom stereocenters. The molecule has 0 aliphatic carbocycles. The molecule has 0 amide bonds. The molecule has 2 N–H and O–H groups in total. The van der Waals surface area contributed by atoms with Crippen molar-refractivity contribution in [2.24, 2.45) is 0 Å². The Labute approximate surface area is 94.9 Å². The number of nitrogens with zero attached hydrogens (tertiary/aromatic N) is 3. The Morgan fingerprint density at radius 3 is 3.00 bits per heavy atom. The van der Waals surface area contributed by atoms with Gasteiger partial charge < -0.3 is 15.0 Å². The molecule has 2 aliphatic rings. The predicted octanol–water partition coefficient (Wildman–Crippen LogP) is 0.572. The zero-order chi connectivity index (χ0) is 11.0. The Morgan fingerprint density at radius 1 is 1.31 bits per heavy atom. The van der Waals surface area contributed by atoms with Crippen molar-refractivity contribution >= 4 is 0 Å². The molecule has 0 spiro atoms. The van der Waals surface area contributed by atoms with Crippen LogP contribution in [0.3, 0.4) is 0 Å². The summed E-state index contributed by atoms with van der Waals surface area (Å²) in [6, 6.07) is 0.532. The summed E-state index contributed by atoms with van der Waals surface area (Å²) in [6.45, 7) is 1.27. The number of aliphatic hydroxyl groups is 1. The number of rotatable bonds is 2. The zero-order valence-electron chi connectivity index (χ0n) is 9.39. The molecule has 0 aromatic carbocycles. The first-order valence-electron chi connectivity index (χ1n) is 6.18. The summed E-state index contributed by atoms with van der Waals surface area (Å²) in [4.78, 5) is 0. The number of nitrogens with one attached hydrogen (secondary N) is 1. The van der Waals surface area contributed by atoms with Gasteiger partial charge in [-0.25, -0.2) is 0 Å². The molecule has 16 heavy (non-hydrogen) atoms. The predicted molar refractivity (Wildman–Crippen MR) is 59.1 cm³/mol. The van der Waals surface area contributed by atoms with E-state index in [1.165, 1.54) is 6.42 Å². The first kappa shape index (κ1) is 10.2. The molecule has 3 rings (SSSR count). The molecule has 3 heterocycles. The minimum Gasteiger partial charge on any atom is -0.394 e. The lowest BCUT2D eigenvalue weighted by Crippen LogP contribution is -2.26. The number of fused-ring (bicyclic) bond motifs is 1. The summed E-state index contributed by atoms with van der Waals surface area (Å²) < 4.78 is 2.17. The highest BCUT2D eigenvalue weighted by Gasteiger charge is 2.29. The third-order valence-electron chi connectivity index (χ3n) is 3.68. The minimum atomic E-state index is 0.191. The summed E-state index contributed by atoms with van der Waals surface area (Å²) in [5.74, 6) is 2.08. The summed E-state index contributed by atoms with van der Waals surface area (Å²) in [6.07, 6.45) is 5.49. The van der Waals surface area contributed by atoms with Crippen LogP contribution in [0.2, 0.25) is 0 Å². The van der Waals surface area contributed by atoms with E-state index in [0.717, 1.165) is 43.9 Å². The molecular weight excluding hydrogens is 204 g/mol. The summed E-state index contributed by atoms with van der Waals surface area (Å²) in [5, 5.41) is 21.5. The second-order valence-electron chi connectivity index (χ2n) is 4.72. The largest absolute Gasteiger partial charge is 0.394 e. The molecule has 5 nitrogen and oxygen atoms in total. The lowest BCUT2D eigenvalue weighted by Gasteiger charge is -2.25. The highest BCUT2D eigenvalue weighted by atomic mass is 16.3. The van der Waals surface area contributed by atoms with E-state index in [9.17, 15) is 5.11 Å². The number of aromatic nitrogens is 3. The zero-order valence-corrected chi connectivity index (χ0v) is 9.39. The maximum Gasteiger partial charge on any atom is 0.150 e. The van der Waals surface area contributed by atoms with E-state index in [-0.39, 0.29) is 12.6 Å². The lowest BCUT2D eigenvalue weighted by molar-refractivity contribution is 0.201. The van der Waals surface area contributed by atoms with E-state index >= 15 is 0 Å². The molecule has 5 heteroatoms. The van der Waals surface area contributed by atoms with Gasteiger partial charge in [-0.05, 0) is 32.2 Å². The summed E-state index contributed by atoms with van der Waals surface area (Å²) in [7, 11) is 0. The molecule has 1 fully saturated rings. The molecule has 1 aromatic rings. The Morgan fingerprint density at radius 2 is 2.25 bits per heavy atom. The fourth-order valence-corrected chi connectivity index (χ4v) is 2.85. The Balaban J connectivity index is 1.96. The SMILES string of the molecule is OCC1CCCc2nnc(C3CCCN3)n21. The molecule has 1 aromatic heterocycles. The van der Waals surface area contributed by atoms with Crippen molar-refractivity contribution in [1.29, 1.82) is 0 Å². The van der Waals surface area contributed by atoms with Gasteiger partial charge >= 0.3 is 0 Å². The van der Waals surface area contributed by atoms with Crippen LogP contribution in [-0.4, -0.2) is 33.0 Å². The summed E-state index contributed by atoms with van der Waals surface area (Å²) >= 11 is 0. The highest BCUT2D eigenvalue weighted by molar-refractivity contribution is 5.07. The molecule has 2 aliphatic heterocycles. The van der Waals surface area contributed by atoms with E-state index in [4.69, 9.17) is 0 Å². The number of hydrogen-bond donors (Lipinski definition) is 2. The third kappa shape index (κ3) is 1.55. The fraction of sp³-hybridized carbons (Fsp3) is 0.818. The Hall–Kier alpha value is -0.940. The molecule has 0 radical (unpaired) electrons. The summed E-state index contributed by atoms with van der Waals surface area (Å²) in [5.41, 5.74) is 0. The number of aryl methyl sites for hydroxylation is 1. The van der Waals surface area contributed by atoms with Gasteiger partial charge in [0.25, 0.3) is 0 Å². The Kier molecular flexibility index (Phi) is 2.65. The van der Waals surface area contributed by atoms with Gasteiger partial charge in [-0.3, -0.25) is 0 Å². The maximum atomic E-state index is 9.43. The van der Waals surface area contributed by atoms with Crippen LogP contribution >= 0.6 is 0 Å². The van der Waals surface area contributed by atoms with Crippen LogP contribution in [-0.2, 0) is 6.42 Å². The van der Waals surface area contributed by atoms with Crippen molar-refractivity contribution in [3.63, 3.8) is 0 Å². The quantitative estimate of drug-likeness (QED) is 0.768. The van der Waals surface area contributed by atoms with E-state index in [2.05, 4.69) is 20.1 Å². The number of aliphatic hydroxyl groups excluding tert-OH is 1. The molecular formula is C11H18N4O. The lowest BCUT2D eigenvalue weighted by atomic mass is 10.0. The monoisotopic (exact) mass is 222 g/mol.